The van der Waals surface area contributed by atoms with Gasteiger partial charge in [0, 0.05) is 12.1 Å². The Morgan fingerprint density at radius 1 is 1.75 bits per heavy atom. The van der Waals surface area contributed by atoms with Crippen LogP contribution in [-0.2, 0) is 4.79 Å². The van der Waals surface area contributed by atoms with E-state index in [1.807, 2.05) is 13.0 Å². The van der Waals surface area contributed by atoms with Crippen molar-refractivity contribution < 1.29 is 4.79 Å². The van der Waals surface area contributed by atoms with Crippen LogP contribution in [0.1, 0.15) is 13.3 Å². The third-order valence-electron chi connectivity index (χ3n) is 1.32. The predicted molar refractivity (Wildman–Crippen MR) is 31.4 cm³/mol. The molecule has 0 radical (unpaired) electrons. The Kier molecular flexibility index (Phi) is 1.33. The Labute approximate surface area is 48.6 Å². The van der Waals surface area contributed by atoms with Crippen molar-refractivity contribution in [2.24, 2.45) is 0 Å². The van der Waals surface area contributed by atoms with E-state index < -0.39 is 0 Å². The molecule has 0 bridgehead atoms. The van der Waals surface area contributed by atoms with E-state index in [1.165, 1.54) is 0 Å². The molecule has 1 aliphatic heterocycles. The number of nitrogens with one attached hydrogen (secondary N) is 1. The normalized spacial score (nSPS) is 24.1. The summed E-state index contributed by atoms with van der Waals surface area (Å²) in [7, 11) is 0. The molecule has 0 unspecified atom stereocenters. The summed E-state index contributed by atoms with van der Waals surface area (Å²) < 4.78 is 0. The van der Waals surface area contributed by atoms with E-state index in [9.17, 15) is 4.79 Å². The molecular formula is C6H9NO. The second kappa shape index (κ2) is 1.99. The Bertz CT molecular complexity index is 137. The molecule has 1 N–H and O–H groups in total. The highest BCUT2D eigenvalue weighted by Gasteiger charge is 2.13. The molecule has 1 rings (SSSR count). The largest absolute Gasteiger partial charge is 0.352 e. The average molecular weight is 111 g/mol. The molecule has 8 heavy (non-hydrogen) atoms. The zero-order valence-electron chi connectivity index (χ0n) is 4.90. The van der Waals surface area contributed by atoms with Crippen LogP contribution in [0, 0.1) is 0 Å². The first kappa shape index (κ1) is 5.35. The molecule has 44 valence electrons. The van der Waals surface area contributed by atoms with Gasteiger partial charge in [0.25, 0.3) is 0 Å². The quantitative estimate of drug-likeness (QED) is 0.452. The summed E-state index contributed by atoms with van der Waals surface area (Å²) in [6.07, 6.45) is 2.76. The maximum atomic E-state index is 10.6. The molecule has 1 aliphatic rings. The molecule has 1 amide bonds. The Hall–Kier alpha value is -0.790. The van der Waals surface area contributed by atoms with Crippen molar-refractivity contribution >= 4 is 5.91 Å². The zero-order chi connectivity index (χ0) is 5.98. The lowest BCUT2D eigenvalue weighted by atomic mass is 10.2. The molecular weight excluding hydrogens is 102 g/mol. The molecule has 1 fully saturated rings. The number of hydrogen-bond acceptors (Lipinski definition) is 1. The molecule has 0 aromatic carbocycles. The number of allylic oxidation sites excluding steroid dienone is 1. The molecule has 1 heterocycles. The van der Waals surface area contributed by atoms with Crippen molar-refractivity contribution in [2.75, 3.05) is 6.54 Å². The van der Waals surface area contributed by atoms with Crippen molar-refractivity contribution in [3.63, 3.8) is 0 Å². The number of amides is 1. The standard InChI is InChI=1S/C6H9NO/c1-2-5-3-4-7-6(5)8/h2H,3-4H2,1H3,(H,7,8)/b5-2-. The first-order valence-corrected chi connectivity index (χ1v) is 2.78. The minimum Gasteiger partial charge on any atom is -0.352 e. The predicted octanol–water partition coefficient (Wildman–Crippen LogP) is 0.453. The van der Waals surface area contributed by atoms with Crippen molar-refractivity contribution in [3.8, 4) is 0 Å². The van der Waals surface area contributed by atoms with Crippen LogP contribution in [0.4, 0.5) is 0 Å². The Morgan fingerprint density at radius 3 is 2.75 bits per heavy atom. The molecule has 0 saturated carbocycles. The fourth-order valence-electron chi connectivity index (χ4n) is 0.813. The molecule has 0 aromatic rings. The van der Waals surface area contributed by atoms with Crippen LogP contribution in [-0.4, -0.2) is 12.5 Å². The van der Waals surface area contributed by atoms with Gasteiger partial charge in [-0.1, -0.05) is 6.08 Å². The van der Waals surface area contributed by atoms with Crippen LogP contribution in [0.5, 0.6) is 0 Å². The first-order valence-electron chi connectivity index (χ1n) is 2.78. The minimum atomic E-state index is 0.104. The van der Waals surface area contributed by atoms with Gasteiger partial charge in [0.2, 0.25) is 5.91 Å². The second-order valence-electron chi connectivity index (χ2n) is 1.82. The molecule has 0 atom stereocenters. The van der Waals surface area contributed by atoms with E-state index >= 15 is 0 Å². The van der Waals surface area contributed by atoms with Crippen molar-refractivity contribution in [3.05, 3.63) is 11.6 Å². The summed E-state index contributed by atoms with van der Waals surface area (Å²) in [5.41, 5.74) is 0.921. The van der Waals surface area contributed by atoms with Crippen molar-refractivity contribution in [1.29, 1.82) is 0 Å². The van der Waals surface area contributed by atoms with Gasteiger partial charge in [-0.3, -0.25) is 4.79 Å². The topological polar surface area (TPSA) is 29.1 Å². The summed E-state index contributed by atoms with van der Waals surface area (Å²) >= 11 is 0. The lowest BCUT2D eigenvalue weighted by molar-refractivity contribution is -0.116. The Balaban J connectivity index is 2.69. The van der Waals surface area contributed by atoms with Gasteiger partial charge in [0.15, 0.2) is 0 Å². The maximum Gasteiger partial charge on any atom is 0.246 e. The van der Waals surface area contributed by atoms with Crippen LogP contribution in [0.2, 0.25) is 0 Å². The molecule has 0 aliphatic carbocycles. The van der Waals surface area contributed by atoms with Crippen LogP contribution in [0.3, 0.4) is 0 Å². The van der Waals surface area contributed by atoms with Crippen LogP contribution < -0.4 is 5.32 Å². The molecule has 0 spiro atoms. The summed E-state index contributed by atoms with van der Waals surface area (Å²) in [5.74, 6) is 0.104. The second-order valence-corrected chi connectivity index (χ2v) is 1.82. The minimum absolute atomic E-state index is 0.104. The van der Waals surface area contributed by atoms with Gasteiger partial charge in [-0.15, -0.1) is 0 Å². The summed E-state index contributed by atoms with van der Waals surface area (Å²) in [5, 5.41) is 2.71. The van der Waals surface area contributed by atoms with E-state index in [1.54, 1.807) is 0 Å². The van der Waals surface area contributed by atoms with Crippen molar-refractivity contribution in [1.82, 2.24) is 5.32 Å². The molecule has 2 heteroatoms. The summed E-state index contributed by atoms with van der Waals surface area (Å²) in [4.78, 5) is 10.6. The lowest BCUT2D eigenvalue weighted by Crippen LogP contribution is -2.13. The summed E-state index contributed by atoms with van der Waals surface area (Å²) in [6.45, 7) is 2.71. The lowest BCUT2D eigenvalue weighted by Gasteiger charge is -1.85. The van der Waals surface area contributed by atoms with E-state index in [0.717, 1.165) is 18.5 Å². The van der Waals surface area contributed by atoms with E-state index in [4.69, 9.17) is 0 Å². The van der Waals surface area contributed by atoms with Crippen LogP contribution in [0.25, 0.3) is 0 Å². The van der Waals surface area contributed by atoms with Crippen LogP contribution >= 0.6 is 0 Å². The fourth-order valence-corrected chi connectivity index (χ4v) is 0.813. The Morgan fingerprint density at radius 2 is 2.50 bits per heavy atom. The number of carbonyl (C=O) groups excluding carboxylic acids is 1. The number of carbonyl (C=O) groups is 1. The third-order valence-corrected chi connectivity index (χ3v) is 1.32. The maximum absolute atomic E-state index is 10.6. The zero-order valence-corrected chi connectivity index (χ0v) is 4.90. The van der Waals surface area contributed by atoms with Gasteiger partial charge in [-0.25, -0.2) is 0 Å². The SMILES string of the molecule is C/C=C1/CCNC1=O. The number of hydrogen-bond donors (Lipinski definition) is 1. The van der Waals surface area contributed by atoms with Gasteiger partial charge in [-0.2, -0.15) is 0 Å². The van der Waals surface area contributed by atoms with E-state index in [-0.39, 0.29) is 5.91 Å². The molecule has 1 saturated heterocycles. The van der Waals surface area contributed by atoms with E-state index in [2.05, 4.69) is 5.32 Å². The highest BCUT2D eigenvalue weighted by molar-refractivity contribution is 5.95. The highest BCUT2D eigenvalue weighted by atomic mass is 16.1. The smallest absolute Gasteiger partial charge is 0.246 e. The molecule has 0 aromatic heterocycles. The molecule has 2 nitrogen and oxygen atoms in total. The fraction of sp³-hybridized carbons (Fsp3) is 0.500. The van der Waals surface area contributed by atoms with Gasteiger partial charge in [0.1, 0.15) is 0 Å². The highest BCUT2D eigenvalue weighted by Crippen LogP contribution is 2.05. The number of rotatable bonds is 0. The van der Waals surface area contributed by atoms with Gasteiger partial charge < -0.3 is 5.32 Å². The summed E-state index contributed by atoms with van der Waals surface area (Å²) in [6, 6.07) is 0. The van der Waals surface area contributed by atoms with Gasteiger partial charge in [0.05, 0.1) is 0 Å². The van der Waals surface area contributed by atoms with E-state index in [0.29, 0.717) is 0 Å². The van der Waals surface area contributed by atoms with Crippen molar-refractivity contribution in [2.45, 2.75) is 13.3 Å². The first-order chi connectivity index (χ1) is 3.84. The van der Waals surface area contributed by atoms with Crippen LogP contribution in [0.15, 0.2) is 11.6 Å². The van der Waals surface area contributed by atoms with Gasteiger partial charge in [-0.05, 0) is 13.3 Å². The average Bonchev–Trinajstić information content (AvgIpc) is 2.14. The third kappa shape index (κ3) is 0.735. The van der Waals surface area contributed by atoms with Gasteiger partial charge >= 0.3 is 0 Å². The monoisotopic (exact) mass is 111 g/mol.